The fourth-order valence-electron chi connectivity index (χ4n) is 1.32. The van der Waals surface area contributed by atoms with E-state index in [0.29, 0.717) is 6.04 Å². The lowest BCUT2D eigenvalue weighted by Crippen LogP contribution is -2.17. The van der Waals surface area contributed by atoms with E-state index in [9.17, 15) is 0 Å². The van der Waals surface area contributed by atoms with Gasteiger partial charge in [0.15, 0.2) is 0 Å². The van der Waals surface area contributed by atoms with Gasteiger partial charge in [0.25, 0.3) is 0 Å². The Kier molecular flexibility index (Phi) is 4.46. The molecule has 0 fully saturated rings. The largest absolute Gasteiger partial charge is 0.312 e. The van der Waals surface area contributed by atoms with Crippen LogP contribution >= 0.6 is 15.9 Å². The lowest BCUT2D eigenvalue weighted by Gasteiger charge is -2.13. The molecule has 1 atom stereocenters. The van der Waals surface area contributed by atoms with Crippen LogP contribution in [0.3, 0.4) is 0 Å². The first-order valence-electron chi connectivity index (χ1n) is 4.63. The van der Waals surface area contributed by atoms with Gasteiger partial charge in [-0.05, 0) is 24.6 Å². The predicted molar refractivity (Wildman–Crippen MR) is 61.4 cm³/mol. The molecule has 1 N–H and O–H groups in total. The molecule has 1 aromatic carbocycles. The normalized spacial score (nSPS) is 12.8. The van der Waals surface area contributed by atoms with E-state index in [1.807, 2.05) is 7.05 Å². The Morgan fingerprint density at radius 3 is 2.31 bits per heavy atom. The molecule has 0 amide bonds. The van der Waals surface area contributed by atoms with Gasteiger partial charge in [0, 0.05) is 11.4 Å². The van der Waals surface area contributed by atoms with Crippen LogP contribution in [0.5, 0.6) is 0 Å². The van der Waals surface area contributed by atoms with Crippen molar-refractivity contribution in [1.29, 1.82) is 0 Å². The molecule has 0 heterocycles. The first-order chi connectivity index (χ1) is 6.31. The number of hydrogen-bond acceptors (Lipinski definition) is 1. The topological polar surface area (TPSA) is 12.0 Å². The molecule has 1 nitrogen and oxygen atoms in total. The van der Waals surface area contributed by atoms with E-state index < -0.39 is 0 Å². The first kappa shape index (κ1) is 10.7. The Balaban J connectivity index is 2.78. The maximum Gasteiger partial charge on any atom is 0.0415 e. The number of rotatable bonds is 4. The number of benzene rings is 1. The molecule has 0 bridgehead atoms. The predicted octanol–water partition coefficient (Wildman–Crippen LogP) is 2.90. The van der Waals surface area contributed by atoms with Gasteiger partial charge in [-0.25, -0.2) is 0 Å². The van der Waals surface area contributed by atoms with E-state index in [1.54, 1.807) is 0 Å². The summed E-state index contributed by atoms with van der Waals surface area (Å²) in [6.07, 6.45) is 1.11. The molecular weight excluding hydrogens is 226 g/mol. The van der Waals surface area contributed by atoms with E-state index >= 15 is 0 Å². The highest BCUT2D eigenvalue weighted by molar-refractivity contribution is 9.09. The van der Waals surface area contributed by atoms with Crippen LogP contribution in [0, 0.1) is 0 Å². The summed E-state index contributed by atoms with van der Waals surface area (Å²) >= 11 is 3.49. The van der Waals surface area contributed by atoms with E-state index in [1.165, 1.54) is 11.1 Å². The molecule has 0 radical (unpaired) electrons. The van der Waals surface area contributed by atoms with Crippen LogP contribution in [0.1, 0.15) is 24.1 Å². The van der Waals surface area contributed by atoms with Crippen molar-refractivity contribution in [2.45, 2.75) is 19.4 Å². The molecule has 1 rings (SSSR count). The Bertz CT molecular complexity index is 239. The molecular formula is C11H16BrN. The monoisotopic (exact) mass is 241 g/mol. The standard InChI is InChI=1S/C11H16BrN/c1-3-9-4-6-10(7-5-9)11(8-12)13-2/h4-7,11,13H,3,8H2,1-2H3. The quantitative estimate of drug-likeness (QED) is 0.800. The third-order valence-electron chi connectivity index (χ3n) is 2.29. The van der Waals surface area contributed by atoms with Crippen molar-refractivity contribution in [3.05, 3.63) is 35.4 Å². The van der Waals surface area contributed by atoms with E-state index in [0.717, 1.165) is 11.8 Å². The van der Waals surface area contributed by atoms with Crippen LogP contribution in [-0.4, -0.2) is 12.4 Å². The molecule has 0 aliphatic carbocycles. The Labute approximate surface area is 88.7 Å². The lowest BCUT2D eigenvalue weighted by molar-refractivity contribution is 0.665. The molecule has 1 aromatic rings. The summed E-state index contributed by atoms with van der Waals surface area (Å²) in [5, 5.41) is 4.21. The minimum atomic E-state index is 0.422. The van der Waals surface area contributed by atoms with Crippen LogP contribution in [-0.2, 0) is 6.42 Å². The molecule has 0 aliphatic heterocycles. The average Bonchev–Trinajstić information content (AvgIpc) is 2.21. The maximum atomic E-state index is 3.49. The molecule has 1 unspecified atom stereocenters. The zero-order valence-corrected chi connectivity index (χ0v) is 9.76. The first-order valence-corrected chi connectivity index (χ1v) is 5.76. The molecule has 72 valence electrons. The fraction of sp³-hybridized carbons (Fsp3) is 0.455. The Morgan fingerprint density at radius 2 is 1.92 bits per heavy atom. The van der Waals surface area contributed by atoms with Gasteiger partial charge in [0.05, 0.1) is 0 Å². The molecule has 13 heavy (non-hydrogen) atoms. The summed E-state index contributed by atoms with van der Waals surface area (Å²) in [6, 6.07) is 9.21. The third-order valence-corrected chi connectivity index (χ3v) is 2.94. The van der Waals surface area contributed by atoms with Crippen molar-refractivity contribution in [3.8, 4) is 0 Å². The smallest absolute Gasteiger partial charge is 0.0415 e. The number of halogens is 1. The Hall–Kier alpha value is -0.340. The van der Waals surface area contributed by atoms with E-state index in [4.69, 9.17) is 0 Å². The SMILES string of the molecule is CCc1ccc(C(CBr)NC)cc1. The van der Waals surface area contributed by atoms with E-state index in [2.05, 4.69) is 52.4 Å². The summed E-state index contributed by atoms with van der Waals surface area (Å²) in [6.45, 7) is 2.18. The second-order valence-electron chi connectivity index (χ2n) is 3.09. The summed E-state index contributed by atoms with van der Waals surface area (Å²) in [5.41, 5.74) is 2.74. The van der Waals surface area contributed by atoms with Crippen LogP contribution in [0.2, 0.25) is 0 Å². The van der Waals surface area contributed by atoms with Crippen molar-refractivity contribution in [2.24, 2.45) is 0 Å². The number of nitrogens with one attached hydrogen (secondary N) is 1. The Morgan fingerprint density at radius 1 is 1.31 bits per heavy atom. The summed E-state index contributed by atoms with van der Waals surface area (Å²) in [7, 11) is 1.99. The van der Waals surface area contributed by atoms with Gasteiger partial charge in [-0.3, -0.25) is 0 Å². The van der Waals surface area contributed by atoms with Crippen LogP contribution < -0.4 is 5.32 Å². The van der Waals surface area contributed by atoms with Crippen molar-refractivity contribution < 1.29 is 0 Å². The highest BCUT2D eigenvalue weighted by Crippen LogP contribution is 2.15. The molecule has 0 saturated heterocycles. The number of hydrogen-bond donors (Lipinski definition) is 1. The zero-order valence-electron chi connectivity index (χ0n) is 8.18. The number of alkyl halides is 1. The molecule has 2 heteroatoms. The second kappa shape index (κ2) is 5.40. The van der Waals surface area contributed by atoms with Crippen LogP contribution in [0.25, 0.3) is 0 Å². The highest BCUT2D eigenvalue weighted by Gasteiger charge is 2.05. The van der Waals surface area contributed by atoms with E-state index in [-0.39, 0.29) is 0 Å². The van der Waals surface area contributed by atoms with Gasteiger partial charge in [-0.15, -0.1) is 0 Å². The zero-order chi connectivity index (χ0) is 9.68. The van der Waals surface area contributed by atoms with Crippen molar-refractivity contribution >= 4 is 15.9 Å². The maximum absolute atomic E-state index is 3.49. The lowest BCUT2D eigenvalue weighted by atomic mass is 10.1. The number of aryl methyl sites for hydroxylation is 1. The molecule has 0 aromatic heterocycles. The second-order valence-corrected chi connectivity index (χ2v) is 3.74. The van der Waals surface area contributed by atoms with Gasteiger partial charge in [0.1, 0.15) is 0 Å². The minimum absolute atomic E-state index is 0.422. The van der Waals surface area contributed by atoms with Gasteiger partial charge in [-0.2, -0.15) is 0 Å². The van der Waals surface area contributed by atoms with Gasteiger partial charge in [-0.1, -0.05) is 47.1 Å². The van der Waals surface area contributed by atoms with Crippen LogP contribution in [0.4, 0.5) is 0 Å². The third kappa shape index (κ3) is 2.82. The molecule has 0 aliphatic rings. The van der Waals surface area contributed by atoms with Gasteiger partial charge in [0.2, 0.25) is 0 Å². The van der Waals surface area contributed by atoms with Gasteiger partial charge < -0.3 is 5.32 Å². The van der Waals surface area contributed by atoms with Crippen molar-refractivity contribution in [2.75, 3.05) is 12.4 Å². The summed E-state index contributed by atoms with van der Waals surface area (Å²) in [5.74, 6) is 0. The van der Waals surface area contributed by atoms with Crippen molar-refractivity contribution in [1.82, 2.24) is 5.32 Å². The molecule has 0 spiro atoms. The highest BCUT2D eigenvalue weighted by atomic mass is 79.9. The summed E-state index contributed by atoms with van der Waals surface area (Å²) in [4.78, 5) is 0. The summed E-state index contributed by atoms with van der Waals surface area (Å²) < 4.78 is 0. The average molecular weight is 242 g/mol. The van der Waals surface area contributed by atoms with Crippen LogP contribution in [0.15, 0.2) is 24.3 Å². The van der Waals surface area contributed by atoms with Crippen molar-refractivity contribution in [3.63, 3.8) is 0 Å². The van der Waals surface area contributed by atoms with Gasteiger partial charge >= 0.3 is 0 Å². The fourth-order valence-corrected chi connectivity index (χ4v) is 2.02. The minimum Gasteiger partial charge on any atom is -0.312 e. The molecule has 0 saturated carbocycles.